The number of halogens is 1. The van der Waals surface area contributed by atoms with Gasteiger partial charge in [-0.05, 0) is 36.5 Å². The predicted molar refractivity (Wildman–Crippen MR) is 74.4 cm³/mol. The van der Waals surface area contributed by atoms with E-state index >= 15 is 0 Å². The van der Waals surface area contributed by atoms with Gasteiger partial charge in [0, 0.05) is 22.9 Å². The number of esters is 1. The number of benzene rings is 1. The molecular formula is C14H18BrNO2. The first-order valence-corrected chi connectivity index (χ1v) is 6.97. The van der Waals surface area contributed by atoms with Crippen molar-refractivity contribution in [2.24, 2.45) is 5.73 Å². The van der Waals surface area contributed by atoms with Crippen LogP contribution in [-0.2, 0) is 21.4 Å². The summed E-state index contributed by atoms with van der Waals surface area (Å²) in [6.45, 7) is 0.577. The molecule has 1 aliphatic rings. The van der Waals surface area contributed by atoms with Crippen LogP contribution in [0.5, 0.6) is 0 Å². The van der Waals surface area contributed by atoms with Gasteiger partial charge in [-0.15, -0.1) is 0 Å². The molecule has 1 unspecified atom stereocenters. The van der Waals surface area contributed by atoms with Gasteiger partial charge in [0.2, 0.25) is 0 Å². The SMILES string of the molecule is COC(=O)CCC1(CN)CCc2c(Br)cccc21. The topological polar surface area (TPSA) is 52.3 Å². The molecule has 1 atom stereocenters. The van der Waals surface area contributed by atoms with Crippen LogP contribution in [-0.4, -0.2) is 19.6 Å². The van der Waals surface area contributed by atoms with Crippen molar-refractivity contribution in [1.29, 1.82) is 0 Å². The van der Waals surface area contributed by atoms with Crippen molar-refractivity contribution in [2.45, 2.75) is 31.1 Å². The van der Waals surface area contributed by atoms with Crippen LogP contribution >= 0.6 is 15.9 Å². The number of carbonyl (C=O) groups is 1. The number of ether oxygens (including phenoxy) is 1. The lowest BCUT2D eigenvalue weighted by molar-refractivity contribution is -0.141. The van der Waals surface area contributed by atoms with Crippen LogP contribution < -0.4 is 5.73 Å². The molecule has 0 radical (unpaired) electrons. The molecule has 0 heterocycles. The fourth-order valence-corrected chi connectivity index (χ4v) is 3.39. The summed E-state index contributed by atoms with van der Waals surface area (Å²) in [5, 5.41) is 0. The van der Waals surface area contributed by atoms with Crippen molar-refractivity contribution in [1.82, 2.24) is 0 Å². The van der Waals surface area contributed by atoms with E-state index in [-0.39, 0.29) is 11.4 Å². The van der Waals surface area contributed by atoms with Gasteiger partial charge in [-0.3, -0.25) is 4.79 Å². The average molecular weight is 312 g/mol. The Morgan fingerprint density at radius 1 is 1.56 bits per heavy atom. The summed E-state index contributed by atoms with van der Waals surface area (Å²) in [6.07, 6.45) is 3.23. The summed E-state index contributed by atoms with van der Waals surface area (Å²) in [5.41, 5.74) is 8.57. The second-order valence-electron chi connectivity index (χ2n) is 4.83. The number of hydrogen-bond acceptors (Lipinski definition) is 3. The summed E-state index contributed by atoms with van der Waals surface area (Å²) in [6, 6.07) is 6.24. The lowest BCUT2D eigenvalue weighted by Crippen LogP contribution is -2.33. The summed E-state index contributed by atoms with van der Waals surface area (Å²) < 4.78 is 5.87. The summed E-state index contributed by atoms with van der Waals surface area (Å²) in [4.78, 5) is 11.3. The fraction of sp³-hybridized carbons (Fsp3) is 0.500. The highest BCUT2D eigenvalue weighted by Gasteiger charge is 2.38. The molecule has 98 valence electrons. The van der Waals surface area contributed by atoms with Crippen LogP contribution in [0.25, 0.3) is 0 Å². The minimum atomic E-state index is -0.161. The van der Waals surface area contributed by atoms with Gasteiger partial charge >= 0.3 is 5.97 Å². The van der Waals surface area contributed by atoms with Gasteiger partial charge in [0.05, 0.1) is 7.11 Å². The van der Waals surface area contributed by atoms with Crippen LogP contribution in [0.1, 0.15) is 30.4 Å². The van der Waals surface area contributed by atoms with Gasteiger partial charge in [-0.1, -0.05) is 28.1 Å². The highest BCUT2D eigenvalue weighted by atomic mass is 79.9. The van der Waals surface area contributed by atoms with Crippen LogP contribution in [0.2, 0.25) is 0 Å². The lowest BCUT2D eigenvalue weighted by atomic mass is 9.78. The number of nitrogens with two attached hydrogens (primary N) is 1. The van der Waals surface area contributed by atoms with E-state index in [9.17, 15) is 4.79 Å². The normalized spacial score (nSPS) is 21.7. The molecule has 2 rings (SSSR count). The monoisotopic (exact) mass is 311 g/mol. The first-order chi connectivity index (χ1) is 8.63. The Labute approximate surface area is 116 Å². The Morgan fingerprint density at radius 2 is 2.33 bits per heavy atom. The number of fused-ring (bicyclic) bond motifs is 1. The third-order valence-electron chi connectivity index (χ3n) is 3.97. The summed E-state index contributed by atoms with van der Waals surface area (Å²) >= 11 is 3.59. The molecule has 0 saturated carbocycles. The number of carbonyl (C=O) groups excluding carboxylic acids is 1. The third kappa shape index (κ3) is 2.31. The van der Waals surface area contributed by atoms with Gasteiger partial charge in [0.15, 0.2) is 0 Å². The Kier molecular flexibility index (Phi) is 4.07. The van der Waals surface area contributed by atoms with Crippen LogP contribution in [0.15, 0.2) is 22.7 Å². The Morgan fingerprint density at radius 3 is 3.00 bits per heavy atom. The van der Waals surface area contributed by atoms with E-state index in [2.05, 4.69) is 28.1 Å². The van der Waals surface area contributed by atoms with Crippen molar-refractivity contribution in [3.05, 3.63) is 33.8 Å². The Hall–Kier alpha value is -0.870. The molecule has 0 spiro atoms. The third-order valence-corrected chi connectivity index (χ3v) is 4.71. The Balaban J connectivity index is 2.26. The van der Waals surface area contributed by atoms with E-state index in [0.29, 0.717) is 13.0 Å². The predicted octanol–water partition coefficient (Wildman–Crippen LogP) is 2.55. The Bertz CT molecular complexity index is 461. The second-order valence-corrected chi connectivity index (χ2v) is 5.68. The van der Waals surface area contributed by atoms with Crippen molar-refractivity contribution < 1.29 is 9.53 Å². The molecule has 0 aromatic heterocycles. The van der Waals surface area contributed by atoms with E-state index in [0.717, 1.165) is 23.7 Å². The zero-order valence-corrected chi connectivity index (χ0v) is 12.1. The highest BCUT2D eigenvalue weighted by Crippen LogP contribution is 2.44. The number of hydrogen-bond donors (Lipinski definition) is 1. The van der Waals surface area contributed by atoms with E-state index in [1.54, 1.807) is 0 Å². The zero-order chi connectivity index (χ0) is 13.2. The standard InChI is InChI=1S/C14H18BrNO2/c1-18-13(17)6-8-14(9-16)7-5-10-11(14)3-2-4-12(10)15/h2-4H,5-9,16H2,1H3. The average Bonchev–Trinajstić information content (AvgIpc) is 2.77. The molecule has 3 nitrogen and oxygen atoms in total. The molecule has 1 aromatic rings. The minimum absolute atomic E-state index is 0.0622. The molecule has 0 fully saturated rings. The van der Waals surface area contributed by atoms with Gasteiger partial charge in [-0.2, -0.15) is 0 Å². The minimum Gasteiger partial charge on any atom is -0.469 e. The van der Waals surface area contributed by atoms with Gasteiger partial charge in [-0.25, -0.2) is 0 Å². The largest absolute Gasteiger partial charge is 0.469 e. The number of rotatable bonds is 4. The smallest absolute Gasteiger partial charge is 0.305 e. The van der Waals surface area contributed by atoms with Crippen molar-refractivity contribution in [3.63, 3.8) is 0 Å². The quantitative estimate of drug-likeness (QED) is 0.869. The summed E-state index contributed by atoms with van der Waals surface area (Å²) in [7, 11) is 1.43. The molecule has 1 aromatic carbocycles. The maximum Gasteiger partial charge on any atom is 0.305 e. The molecule has 0 bridgehead atoms. The van der Waals surface area contributed by atoms with Crippen LogP contribution in [0.4, 0.5) is 0 Å². The van der Waals surface area contributed by atoms with Gasteiger partial charge in [0.1, 0.15) is 0 Å². The highest BCUT2D eigenvalue weighted by molar-refractivity contribution is 9.10. The molecule has 2 N–H and O–H groups in total. The van der Waals surface area contributed by atoms with E-state index in [4.69, 9.17) is 10.5 Å². The molecular weight excluding hydrogens is 294 g/mol. The molecule has 1 aliphatic carbocycles. The van der Waals surface area contributed by atoms with E-state index < -0.39 is 0 Å². The molecule has 4 heteroatoms. The van der Waals surface area contributed by atoms with Crippen LogP contribution in [0, 0.1) is 0 Å². The molecule has 18 heavy (non-hydrogen) atoms. The zero-order valence-electron chi connectivity index (χ0n) is 10.5. The molecule has 0 saturated heterocycles. The van der Waals surface area contributed by atoms with Crippen molar-refractivity contribution in [2.75, 3.05) is 13.7 Å². The lowest BCUT2D eigenvalue weighted by Gasteiger charge is -2.28. The van der Waals surface area contributed by atoms with E-state index in [1.807, 2.05) is 6.07 Å². The molecule has 0 aliphatic heterocycles. The number of methoxy groups -OCH3 is 1. The molecule has 0 amide bonds. The maximum absolute atomic E-state index is 11.3. The first kappa shape index (κ1) is 13.6. The van der Waals surface area contributed by atoms with Crippen molar-refractivity contribution in [3.8, 4) is 0 Å². The second kappa shape index (κ2) is 5.41. The van der Waals surface area contributed by atoms with Crippen molar-refractivity contribution >= 4 is 21.9 Å². The summed E-state index contributed by atoms with van der Waals surface area (Å²) in [5.74, 6) is -0.161. The van der Waals surface area contributed by atoms with Gasteiger partial charge < -0.3 is 10.5 Å². The maximum atomic E-state index is 11.3. The van der Waals surface area contributed by atoms with E-state index in [1.165, 1.54) is 18.2 Å². The first-order valence-electron chi connectivity index (χ1n) is 6.18. The fourth-order valence-electron chi connectivity index (χ4n) is 2.83. The van der Waals surface area contributed by atoms with Crippen LogP contribution in [0.3, 0.4) is 0 Å². The van der Waals surface area contributed by atoms with Gasteiger partial charge in [0.25, 0.3) is 0 Å².